The van der Waals surface area contributed by atoms with Gasteiger partial charge >= 0.3 is 11.8 Å². The molecule has 0 aliphatic heterocycles. The molecule has 1 aliphatic rings. The Kier molecular flexibility index (Phi) is 5.49. The highest BCUT2D eigenvalue weighted by molar-refractivity contribution is 6.35. The fraction of sp³-hybridized carbons (Fsp3) is 0.438. The van der Waals surface area contributed by atoms with Crippen molar-refractivity contribution in [1.29, 1.82) is 0 Å². The van der Waals surface area contributed by atoms with Gasteiger partial charge in [-0.2, -0.15) is 5.10 Å². The number of carbonyl (C=O) groups is 2. The summed E-state index contributed by atoms with van der Waals surface area (Å²) in [7, 11) is 0. The van der Waals surface area contributed by atoms with Crippen LogP contribution in [0, 0.1) is 0 Å². The number of hydrazone groups is 1. The Morgan fingerprint density at radius 2 is 1.71 bits per heavy atom. The Morgan fingerprint density at radius 1 is 1.05 bits per heavy atom. The molecule has 0 aromatic heterocycles. The summed E-state index contributed by atoms with van der Waals surface area (Å²) in [6, 6.07) is 9.30. The van der Waals surface area contributed by atoms with Gasteiger partial charge in [0.2, 0.25) is 0 Å². The molecule has 1 fully saturated rings. The zero-order valence-electron chi connectivity index (χ0n) is 12.3. The third kappa shape index (κ3) is 4.70. The van der Waals surface area contributed by atoms with Gasteiger partial charge in [0.05, 0.1) is 6.04 Å². The molecular weight excluding hydrogens is 266 g/mol. The van der Waals surface area contributed by atoms with Gasteiger partial charge in [-0.25, -0.2) is 5.43 Å². The van der Waals surface area contributed by atoms with E-state index in [4.69, 9.17) is 0 Å². The number of hydrogen-bond donors (Lipinski definition) is 2. The van der Waals surface area contributed by atoms with Gasteiger partial charge in [0.25, 0.3) is 0 Å². The van der Waals surface area contributed by atoms with Crippen LogP contribution in [-0.4, -0.2) is 17.5 Å². The highest BCUT2D eigenvalue weighted by Crippen LogP contribution is 2.14. The van der Waals surface area contributed by atoms with Crippen molar-refractivity contribution in [3.63, 3.8) is 0 Å². The highest BCUT2D eigenvalue weighted by atomic mass is 16.2. The van der Waals surface area contributed by atoms with Crippen molar-refractivity contribution in [1.82, 2.24) is 10.7 Å². The lowest BCUT2D eigenvalue weighted by Gasteiger charge is -2.14. The molecule has 21 heavy (non-hydrogen) atoms. The van der Waals surface area contributed by atoms with Gasteiger partial charge in [-0.3, -0.25) is 9.59 Å². The standard InChI is InChI=1S/C16H21N3O2/c1-12(13-8-4-2-5-9-13)17-15(20)16(21)19-18-14-10-6-3-7-11-14/h2,4-5,8-9,12H,3,6-7,10-11H2,1H3,(H,17,20)(H,19,21)/t12-/m0/s1. The first-order valence-corrected chi connectivity index (χ1v) is 7.38. The normalized spacial score (nSPS) is 16.0. The van der Waals surface area contributed by atoms with E-state index >= 15 is 0 Å². The molecule has 1 atom stereocenters. The minimum Gasteiger partial charge on any atom is -0.341 e. The fourth-order valence-electron chi connectivity index (χ4n) is 2.34. The lowest BCUT2D eigenvalue weighted by Crippen LogP contribution is -2.39. The average molecular weight is 287 g/mol. The second kappa shape index (κ2) is 7.57. The molecule has 112 valence electrons. The number of carbonyl (C=O) groups excluding carboxylic acids is 2. The second-order valence-corrected chi connectivity index (χ2v) is 5.29. The summed E-state index contributed by atoms with van der Waals surface area (Å²) < 4.78 is 0. The van der Waals surface area contributed by atoms with Gasteiger partial charge in [0.15, 0.2) is 0 Å². The van der Waals surface area contributed by atoms with Crippen LogP contribution in [0.25, 0.3) is 0 Å². The Morgan fingerprint density at radius 3 is 2.38 bits per heavy atom. The van der Waals surface area contributed by atoms with Crippen molar-refractivity contribution in [2.75, 3.05) is 0 Å². The molecule has 2 amide bonds. The summed E-state index contributed by atoms with van der Waals surface area (Å²) >= 11 is 0. The number of nitrogens with one attached hydrogen (secondary N) is 2. The predicted molar refractivity (Wildman–Crippen MR) is 81.7 cm³/mol. The number of benzene rings is 1. The monoisotopic (exact) mass is 287 g/mol. The average Bonchev–Trinajstić information content (AvgIpc) is 2.54. The van der Waals surface area contributed by atoms with E-state index in [0.29, 0.717) is 0 Å². The van der Waals surface area contributed by atoms with E-state index in [1.165, 1.54) is 6.42 Å². The lowest BCUT2D eigenvalue weighted by atomic mass is 9.99. The second-order valence-electron chi connectivity index (χ2n) is 5.29. The summed E-state index contributed by atoms with van der Waals surface area (Å²) in [6.45, 7) is 1.84. The maximum atomic E-state index is 11.8. The van der Waals surface area contributed by atoms with Crippen molar-refractivity contribution in [2.24, 2.45) is 5.10 Å². The molecule has 0 saturated heterocycles. The van der Waals surface area contributed by atoms with E-state index < -0.39 is 11.8 Å². The van der Waals surface area contributed by atoms with Gasteiger partial charge < -0.3 is 5.32 Å². The minimum atomic E-state index is -0.712. The molecule has 0 bridgehead atoms. The first kappa shape index (κ1) is 15.2. The van der Waals surface area contributed by atoms with Crippen molar-refractivity contribution < 1.29 is 9.59 Å². The molecule has 2 rings (SSSR count). The summed E-state index contributed by atoms with van der Waals surface area (Å²) in [5, 5.41) is 6.70. The molecule has 5 nitrogen and oxygen atoms in total. The predicted octanol–water partition coefficient (Wildman–Crippen LogP) is 2.30. The van der Waals surface area contributed by atoms with Gasteiger partial charge in [-0.1, -0.05) is 36.8 Å². The molecule has 0 heterocycles. The SMILES string of the molecule is C[C@H](NC(=O)C(=O)NN=C1CCCCC1)c1ccccc1. The van der Waals surface area contributed by atoms with E-state index in [-0.39, 0.29) is 6.04 Å². The van der Waals surface area contributed by atoms with Crippen LogP contribution in [0.2, 0.25) is 0 Å². The Bertz CT molecular complexity index is 518. The van der Waals surface area contributed by atoms with Crippen molar-refractivity contribution in [3.05, 3.63) is 35.9 Å². The van der Waals surface area contributed by atoms with E-state index in [2.05, 4.69) is 15.8 Å². The van der Waals surface area contributed by atoms with Gasteiger partial charge in [0, 0.05) is 5.71 Å². The van der Waals surface area contributed by atoms with Crippen LogP contribution in [0.1, 0.15) is 50.6 Å². The summed E-state index contributed by atoms with van der Waals surface area (Å²) in [5.41, 5.74) is 4.27. The Labute approximate surface area is 124 Å². The molecule has 0 spiro atoms. The van der Waals surface area contributed by atoms with Crippen LogP contribution in [0.4, 0.5) is 0 Å². The van der Waals surface area contributed by atoms with Crippen LogP contribution < -0.4 is 10.7 Å². The molecule has 5 heteroatoms. The molecule has 2 N–H and O–H groups in total. The zero-order chi connectivity index (χ0) is 15.1. The molecule has 1 aliphatic carbocycles. The number of rotatable bonds is 3. The van der Waals surface area contributed by atoms with Crippen LogP contribution in [0.15, 0.2) is 35.4 Å². The minimum absolute atomic E-state index is 0.216. The molecular formula is C16H21N3O2. The summed E-state index contributed by atoms with van der Waals surface area (Å²) in [5.74, 6) is -1.37. The third-order valence-corrected chi connectivity index (χ3v) is 3.60. The lowest BCUT2D eigenvalue weighted by molar-refractivity contribution is -0.139. The number of amides is 2. The maximum Gasteiger partial charge on any atom is 0.329 e. The Balaban J connectivity index is 1.83. The summed E-state index contributed by atoms with van der Waals surface area (Å²) in [4.78, 5) is 23.5. The molecule has 1 aromatic rings. The third-order valence-electron chi connectivity index (χ3n) is 3.60. The van der Waals surface area contributed by atoms with E-state index in [1.54, 1.807) is 0 Å². The van der Waals surface area contributed by atoms with Gasteiger partial charge in [-0.05, 0) is 38.2 Å². The van der Waals surface area contributed by atoms with E-state index in [9.17, 15) is 9.59 Å². The van der Waals surface area contributed by atoms with Gasteiger partial charge in [0.1, 0.15) is 0 Å². The Hall–Kier alpha value is -2.17. The van der Waals surface area contributed by atoms with Crippen LogP contribution in [-0.2, 0) is 9.59 Å². The molecule has 1 aromatic carbocycles. The first-order chi connectivity index (χ1) is 10.2. The number of nitrogens with zero attached hydrogens (tertiary/aromatic N) is 1. The topological polar surface area (TPSA) is 70.6 Å². The van der Waals surface area contributed by atoms with Gasteiger partial charge in [-0.15, -0.1) is 0 Å². The quantitative estimate of drug-likeness (QED) is 0.661. The molecule has 0 unspecified atom stereocenters. The molecule has 1 saturated carbocycles. The van der Waals surface area contributed by atoms with Crippen molar-refractivity contribution in [3.8, 4) is 0 Å². The van der Waals surface area contributed by atoms with E-state index in [1.807, 2.05) is 37.3 Å². The van der Waals surface area contributed by atoms with Crippen molar-refractivity contribution >= 4 is 17.5 Å². The maximum absolute atomic E-state index is 11.8. The summed E-state index contributed by atoms with van der Waals surface area (Å²) in [6.07, 6.45) is 5.23. The number of hydrogen-bond acceptors (Lipinski definition) is 3. The first-order valence-electron chi connectivity index (χ1n) is 7.38. The smallest absolute Gasteiger partial charge is 0.329 e. The fourth-order valence-corrected chi connectivity index (χ4v) is 2.34. The van der Waals surface area contributed by atoms with Crippen LogP contribution in [0.3, 0.4) is 0 Å². The van der Waals surface area contributed by atoms with Crippen LogP contribution >= 0.6 is 0 Å². The van der Waals surface area contributed by atoms with Crippen LogP contribution in [0.5, 0.6) is 0 Å². The zero-order valence-corrected chi connectivity index (χ0v) is 12.3. The molecule has 0 radical (unpaired) electrons. The van der Waals surface area contributed by atoms with E-state index in [0.717, 1.165) is 37.0 Å². The largest absolute Gasteiger partial charge is 0.341 e. The highest BCUT2D eigenvalue weighted by Gasteiger charge is 2.17. The van der Waals surface area contributed by atoms with Crippen molar-refractivity contribution in [2.45, 2.75) is 45.1 Å².